The third-order valence-corrected chi connectivity index (χ3v) is 3.40. The van der Waals surface area contributed by atoms with Crippen LogP contribution in [0.5, 0.6) is 0 Å². The molecule has 0 bridgehead atoms. The minimum absolute atomic E-state index is 0.0153. The van der Waals surface area contributed by atoms with Crippen molar-refractivity contribution < 1.29 is 4.92 Å². The van der Waals surface area contributed by atoms with E-state index in [1.807, 2.05) is 0 Å². The summed E-state index contributed by atoms with van der Waals surface area (Å²) >= 11 is 15.1. The topological polar surface area (TPSA) is 55.2 Å². The average Bonchev–Trinajstić information content (AvgIpc) is 2.30. The van der Waals surface area contributed by atoms with Gasteiger partial charge >= 0.3 is 0 Å². The van der Waals surface area contributed by atoms with Gasteiger partial charge in [-0.25, -0.2) is 0 Å². The van der Waals surface area contributed by atoms with E-state index in [1.165, 1.54) is 12.1 Å². The molecule has 2 aromatic carbocycles. The quantitative estimate of drug-likeness (QED) is 0.587. The van der Waals surface area contributed by atoms with Crippen LogP contribution in [-0.4, -0.2) is 4.92 Å². The number of nitrogens with zero attached hydrogens (tertiary/aromatic N) is 1. The summed E-state index contributed by atoms with van der Waals surface area (Å²) in [5.74, 6) is 0. The standard InChI is InChI=1S/C12H7BrCl2N2O2/c13-11-6-10(17(18)19)1-2-12(11)16-9-4-7(14)3-8(15)5-9/h1-6,16H. The van der Waals surface area contributed by atoms with Gasteiger partial charge in [-0.05, 0) is 40.2 Å². The number of anilines is 2. The van der Waals surface area contributed by atoms with Gasteiger partial charge in [-0.3, -0.25) is 10.1 Å². The molecule has 0 atom stereocenters. The van der Waals surface area contributed by atoms with Crippen LogP contribution >= 0.6 is 39.1 Å². The van der Waals surface area contributed by atoms with Crippen LogP contribution < -0.4 is 5.32 Å². The van der Waals surface area contributed by atoms with Crippen molar-refractivity contribution in [3.63, 3.8) is 0 Å². The molecule has 1 N–H and O–H groups in total. The van der Waals surface area contributed by atoms with Crippen LogP contribution in [0.1, 0.15) is 0 Å². The normalized spacial score (nSPS) is 10.3. The predicted octanol–water partition coefficient (Wildman–Crippen LogP) is 5.41. The minimum Gasteiger partial charge on any atom is -0.355 e. The summed E-state index contributed by atoms with van der Waals surface area (Å²) < 4.78 is 0.581. The predicted molar refractivity (Wildman–Crippen MR) is 80.5 cm³/mol. The lowest BCUT2D eigenvalue weighted by Gasteiger charge is -2.09. The number of nitrogens with one attached hydrogen (secondary N) is 1. The zero-order valence-electron chi connectivity index (χ0n) is 9.36. The Hall–Kier alpha value is -1.30. The molecule has 0 spiro atoms. The largest absolute Gasteiger partial charge is 0.355 e. The molecule has 0 saturated carbocycles. The highest BCUT2D eigenvalue weighted by Gasteiger charge is 2.09. The maximum absolute atomic E-state index is 10.6. The number of benzene rings is 2. The third-order valence-electron chi connectivity index (χ3n) is 2.31. The van der Waals surface area contributed by atoms with Gasteiger partial charge < -0.3 is 5.32 Å². The number of hydrogen-bond donors (Lipinski definition) is 1. The van der Waals surface area contributed by atoms with Gasteiger partial charge in [0, 0.05) is 32.3 Å². The van der Waals surface area contributed by atoms with E-state index in [1.54, 1.807) is 24.3 Å². The molecule has 19 heavy (non-hydrogen) atoms. The summed E-state index contributed by atoms with van der Waals surface area (Å²) in [4.78, 5) is 10.2. The fraction of sp³-hybridized carbons (Fsp3) is 0. The zero-order chi connectivity index (χ0) is 14.0. The molecule has 98 valence electrons. The molecule has 0 aromatic heterocycles. The van der Waals surface area contributed by atoms with E-state index in [0.717, 1.165) is 0 Å². The molecule has 7 heteroatoms. The Morgan fingerprint density at radius 2 is 1.74 bits per heavy atom. The highest BCUT2D eigenvalue weighted by atomic mass is 79.9. The second-order valence-electron chi connectivity index (χ2n) is 3.70. The summed E-state index contributed by atoms with van der Waals surface area (Å²) in [6, 6.07) is 9.49. The molecule has 4 nitrogen and oxygen atoms in total. The van der Waals surface area contributed by atoms with Gasteiger partial charge in [-0.2, -0.15) is 0 Å². The molecule has 0 fully saturated rings. The van der Waals surface area contributed by atoms with Crippen LogP contribution in [0.4, 0.5) is 17.1 Å². The summed E-state index contributed by atoms with van der Waals surface area (Å²) in [5.41, 5.74) is 1.40. The van der Waals surface area contributed by atoms with Crippen LogP contribution in [0.2, 0.25) is 10.0 Å². The fourth-order valence-electron chi connectivity index (χ4n) is 1.50. The van der Waals surface area contributed by atoms with Crippen molar-refractivity contribution in [2.24, 2.45) is 0 Å². The van der Waals surface area contributed by atoms with Crippen molar-refractivity contribution in [3.05, 3.63) is 61.0 Å². The first-order valence-corrected chi connectivity index (χ1v) is 6.67. The molecule has 0 aliphatic rings. The first kappa shape index (κ1) is 14.1. The SMILES string of the molecule is O=[N+]([O-])c1ccc(Nc2cc(Cl)cc(Cl)c2)c(Br)c1. The van der Waals surface area contributed by atoms with Crippen LogP contribution in [0.15, 0.2) is 40.9 Å². The monoisotopic (exact) mass is 360 g/mol. The van der Waals surface area contributed by atoms with Gasteiger partial charge in [-0.15, -0.1) is 0 Å². The maximum Gasteiger partial charge on any atom is 0.270 e. The molecular weight excluding hydrogens is 355 g/mol. The molecule has 0 unspecified atom stereocenters. The van der Waals surface area contributed by atoms with Gasteiger partial charge in [0.15, 0.2) is 0 Å². The van der Waals surface area contributed by atoms with Gasteiger partial charge in [0.1, 0.15) is 0 Å². The number of nitro benzene ring substituents is 1. The lowest BCUT2D eigenvalue weighted by Crippen LogP contribution is -1.93. The van der Waals surface area contributed by atoms with Crippen molar-refractivity contribution in [2.75, 3.05) is 5.32 Å². The first-order valence-electron chi connectivity index (χ1n) is 5.13. The summed E-state index contributed by atoms with van der Waals surface area (Å²) in [7, 11) is 0. The van der Waals surface area contributed by atoms with E-state index in [-0.39, 0.29) is 5.69 Å². The first-order chi connectivity index (χ1) is 8.95. The molecular formula is C12H7BrCl2N2O2. The Balaban J connectivity index is 2.30. The molecule has 2 aromatic rings. The molecule has 0 aliphatic carbocycles. The summed E-state index contributed by atoms with van der Waals surface area (Å²) in [5, 5.41) is 14.7. The Labute approximate surface area is 127 Å². The van der Waals surface area contributed by atoms with Crippen molar-refractivity contribution in [1.82, 2.24) is 0 Å². The Kier molecular flexibility index (Phi) is 4.29. The van der Waals surface area contributed by atoms with E-state index in [0.29, 0.717) is 25.9 Å². The van der Waals surface area contributed by atoms with E-state index in [2.05, 4.69) is 21.2 Å². The highest BCUT2D eigenvalue weighted by molar-refractivity contribution is 9.10. The van der Waals surface area contributed by atoms with Gasteiger partial charge in [-0.1, -0.05) is 23.2 Å². The molecule has 0 saturated heterocycles. The molecule has 0 radical (unpaired) electrons. The molecule has 0 aliphatic heterocycles. The lowest BCUT2D eigenvalue weighted by atomic mass is 10.2. The van der Waals surface area contributed by atoms with Crippen molar-refractivity contribution >= 4 is 56.2 Å². The number of rotatable bonds is 3. The van der Waals surface area contributed by atoms with E-state index < -0.39 is 4.92 Å². The van der Waals surface area contributed by atoms with Crippen LogP contribution in [-0.2, 0) is 0 Å². The van der Waals surface area contributed by atoms with E-state index in [4.69, 9.17) is 23.2 Å². The minimum atomic E-state index is -0.454. The number of non-ortho nitro benzene ring substituents is 1. The summed E-state index contributed by atoms with van der Waals surface area (Å²) in [6.07, 6.45) is 0. The second kappa shape index (κ2) is 5.77. The number of halogens is 3. The maximum atomic E-state index is 10.6. The molecule has 0 heterocycles. The summed E-state index contributed by atoms with van der Waals surface area (Å²) in [6.45, 7) is 0. The molecule has 0 amide bonds. The van der Waals surface area contributed by atoms with Crippen LogP contribution in [0.25, 0.3) is 0 Å². The van der Waals surface area contributed by atoms with Gasteiger partial charge in [0.05, 0.1) is 10.6 Å². The Morgan fingerprint density at radius 1 is 1.11 bits per heavy atom. The van der Waals surface area contributed by atoms with Crippen molar-refractivity contribution in [1.29, 1.82) is 0 Å². The Bertz CT molecular complexity index is 629. The van der Waals surface area contributed by atoms with E-state index >= 15 is 0 Å². The third kappa shape index (κ3) is 3.59. The Morgan fingerprint density at radius 3 is 2.26 bits per heavy atom. The fourth-order valence-corrected chi connectivity index (χ4v) is 2.49. The smallest absolute Gasteiger partial charge is 0.270 e. The lowest BCUT2D eigenvalue weighted by molar-refractivity contribution is -0.384. The van der Waals surface area contributed by atoms with Crippen LogP contribution in [0, 0.1) is 10.1 Å². The van der Waals surface area contributed by atoms with Crippen molar-refractivity contribution in [3.8, 4) is 0 Å². The van der Waals surface area contributed by atoms with Gasteiger partial charge in [0.2, 0.25) is 0 Å². The van der Waals surface area contributed by atoms with E-state index in [9.17, 15) is 10.1 Å². The highest BCUT2D eigenvalue weighted by Crippen LogP contribution is 2.31. The molecule has 2 rings (SSSR count). The van der Waals surface area contributed by atoms with Crippen molar-refractivity contribution in [2.45, 2.75) is 0 Å². The van der Waals surface area contributed by atoms with Crippen LogP contribution in [0.3, 0.4) is 0 Å². The number of nitro groups is 1. The average molecular weight is 362 g/mol. The zero-order valence-corrected chi connectivity index (χ0v) is 12.5. The van der Waals surface area contributed by atoms with Gasteiger partial charge in [0.25, 0.3) is 5.69 Å². The second-order valence-corrected chi connectivity index (χ2v) is 5.43. The number of hydrogen-bond acceptors (Lipinski definition) is 3.